The SMILES string of the molecule is COc1cc(C=C2NC(=O)N(c3ccc(Cl)cc3)C2=O)ccc1O. The number of nitrogens with one attached hydrogen (secondary N) is 1. The number of methoxy groups -OCH3 is 1. The standard InChI is InChI=1S/C17H13ClN2O4/c1-24-15-9-10(2-7-14(15)21)8-13-16(22)20(17(23)19-13)12-5-3-11(18)4-6-12/h2-9,21H,1H3,(H,19,23). The van der Waals surface area contributed by atoms with E-state index in [2.05, 4.69) is 5.32 Å². The molecule has 2 aromatic carbocycles. The van der Waals surface area contributed by atoms with Crippen molar-refractivity contribution in [3.05, 3.63) is 58.7 Å². The summed E-state index contributed by atoms with van der Waals surface area (Å²) in [5, 5.41) is 12.6. The Kier molecular flexibility index (Phi) is 4.14. The summed E-state index contributed by atoms with van der Waals surface area (Å²) >= 11 is 5.82. The van der Waals surface area contributed by atoms with Gasteiger partial charge in [-0.15, -0.1) is 0 Å². The van der Waals surface area contributed by atoms with E-state index in [-0.39, 0.29) is 17.2 Å². The highest BCUT2D eigenvalue weighted by molar-refractivity contribution is 6.31. The minimum absolute atomic E-state index is 0.00998. The third-order valence-electron chi connectivity index (χ3n) is 3.48. The van der Waals surface area contributed by atoms with E-state index in [0.717, 1.165) is 4.90 Å². The summed E-state index contributed by atoms with van der Waals surface area (Å²) in [6.07, 6.45) is 1.51. The van der Waals surface area contributed by atoms with Crippen molar-refractivity contribution in [3.8, 4) is 11.5 Å². The number of halogens is 1. The van der Waals surface area contributed by atoms with E-state index in [1.54, 1.807) is 36.4 Å². The molecule has 1 heterocycles. The van der Waals surface area contributed by atoms with Gasteiger partial charge in [-0.05, 0) is 48.0 Å². The van der Waals surface area contributed by atoms with Crippen molar-refractivity contribution in [2.24, 2.45) is 0 Å². The molecule has 0 aromatic heterocycles. The van der Waals surface area contributed by atoms with E-state index in [4.69, 9.17) is 16.3 Å². The van der Waals surface area contributed by atoms with Crippen LogP contribution in [0.2, 0.25) is 5.02 Å². The lowest BCUT2D eigenvalue weighted by molar-refractivity contribution is -0.113. The molecule has 2 aromatic rings. The molecule has 3 rings (SSSR count). The Morgan fingerprint density at radius 1 is 1.17 bits per heavy atom. The van der Waals surface area contributed by atoms with Crippen LogP contribution in [0.15, 0.2) is 48.2 Å². The summed E-state index contributed by atoms with van der Waals surface area (Å²) in [6, 6.07) is 10.5. The molecule has 0 atom stereocenters. The van der Waals surface area contributed by atoms with Crippen LogP contribution >= 0.6 is 11.6 Å². The van der Waals surface area contributed by atoms with Gasteiger partial charge in [0, 0.05) is 5.02 Å². The van der Waals surface area contributed by atoms with Crippen LogP contribution in [0.5, 0.6) is 11.5 Å². The van der Waals surface area contributed by atoms with E-state index in [1.165, 1.54) is 19.3 Å². The predicted octanol–water partition coefficient (Wildman–Crippen LogP) is 3.15. The molecule has 0 bridgehead atoms. The van der Waals surface area contributed by atoms with E-state index in [0.29, 0.717) is 16.3 Å². The molecule has 3 amide bonds. The minimum atomic E-state index is -0.542. The number of ether oxygens (including phenoxy) is 1. The third-order valence-corrected chi connectivity index (χ3v) is 3.73. The molecule has 0 radical (unpaired) electrons. The third kappa shape index (κ3) is 2.91. The first-order chi connectivity index (χ1) is 11.5. The van der Waals surface area contributed by atoms with Gasteiger partial charge in [0.15, 0.2) is 11.5 Å². The summed E-state index contributed by atoms with van der Waals surface area (Å²) in [7, 11) is 1.43. The lowest BCUT2D eigenvalue weighted by Crippen LogP contribution is -2.30. The largest absolute Gasteiger partial charge is 0.504 e. The molecule has 0 spiro atoms. The molecule has 0 unspecified atom stereocenters. The molecule has 1 saturated heterocycles. The monoisotopic (exact) mass is 344 g/mol. The Morgan fingerprint density at radius 3 is 2.54 bits per heavy atom. The Bertz CT molecular complexity index is 846. The molecule has 6 nitrogen and oxygen atoms in total. The number of hydrogen-bond donors (Lipinski definition) is 2. The first-order valence-corrected chi connectivity index (χ1v) is 7.37. The Hall–Kier alpha value is -2.99. The summed E-state index contributed by atoms with van der Waals surface area (Å²) in [5.74, 6) is -0.214. The normalized spacial score (nSPS) is 15.8. The zero-order valence-corrected chi connectivity index (χ0v) is 13.4. The molecular formula is C17H13ClN2O4. The van der Waals surface area contributed by atoms with Crippen LogP contribution in [-0.4, -0.2) is 24.2 Å². The molecule has 0 saturated carbocycles. The van der Waals surface area contributed by atoms with Crippen LogP contribution in [0.3, 0.4) is 0 Å². The van der Waals surface area contributed by atoms with Gasteiger partial charge in [-0.3, -0.25) is 4.79 Å². The maximum atomic E-state index is 12.5. The van der Waals surface area contributed by atoms with Crippen LogP contribution in [-0.2, 0) is 4.79 Å². The fourth-order valence-electron chi connectivity index (χ4n) is 2.31. The number of carbonyl (C=O) groups is 2. The molecular weight excluding hydrogens is 332 g/mol. The Labute approximate surface area is 142 Å². The van der Waals surface area contributed by atoms with Crippen molar-refractivity contribution in [2.45, 2.75) is 0 Å². The van der Waals surface area contributed by atoms with Crippen molar-refractivity contribution in [2.75, 3.05) is 12.0 Å². The van der Waals surface area contributed by atoms with Crippen molar-refractivity contribution in [3.63, 3.8) is 0 Å². The average molecular weight is 345 g/mol. The van der Waals surface area contributed by atoms with Crippen molar-refractivity contribution < 1.29 is 19.4 Å². The second-order valence-electron chi connectivity index (χ2n) is 5.04. The number of aromatic hydroxyl groups is 1. The van der Waals surface area contributed by atoms with Gasteiger partial charge in [-0.25, -0.2) is 9.69 Å². The maximum Gasteiger partial charge on any atom is 0.333 e. The summed E-state index contributed by atoms with van der Waals surface area (Å²) in [5.41, 5.74) is 1.16. The number of amides is 3. The molecule has 7 heteroatoms. The molecule has 122 valence electrons. The van der Waals surface area contributed by atoms with Crippen molar-refractivity contribution in [1.82, 2.24) is 5.32 Å². The number of phenolic OH excluding ortho intramolecular Hbond substituents is 1. The van der Waals surface area contributed by atoms with Gasteiger partial charge in [0.2, 0.25) is 0 Å². The molecule has 0 aliphatic carbocycles. The van der Waals surface area contributed by atoms with Gasteiger partial charge >= 0.3 is 6.03 Å². The molecule has 1 fully saturated rings. The fraction of sp³-hybridized carbons (Fsp3) is 0.0588. The molecule has 24 heavy (non-hydrogen) atoms. The van der Waals surface area contributed by atoms with Crippen LogP contribution in [0.4, 0.5) is 10.5 Å². The molecule has 1 aliphatic rings. The highest BCUT2D eigenvalue weighted by Gasteiger charge is 2.34. The van der Waals surface area contributed by atoms with Gasteiger partial charge in [0.05, 0.1) is 12.8 Å². The van der Waals surface area contributed by atoms with Crippen molar-refractivity contribution in [1.29, 1.82) is 0 Å². The smallest absolute Gasteiger partial charge is 0.333 e. The van der Waals surface area contributed by atoms with Gasteiger partial charge in [0.25, 0.3) is 5.91 Å². The summed E-state index contributed by atoms with van der Waals surface area (Å²) in [6.45, 7) is 0. The van der Waals surface area contributed by atoms with Crippen LogP contribution in [0.1, 0.15) is 5.56 Å². The maximum absolute atomic E-state index is 12.5. The summed E-state index contributed by atoms with van der Waals surface area (Å²) in [4.78, 5) is 25.6. The van der Waals surface area contributed by atoms with E-state index >= 15 is 0 Å². The predicted molar refractivity (Wildman–Crippen MR) is 90.1 cm³/mol. The number of nitrogens with zero attached hydrogens (tertiary/aromatic N) is 1. The van der Waals surface area contributed by atoms with Gasteiger partial charge in [-0.1, -0.05) is 17.7 Å². The van der Waals surface area contributed by atoms with Crippen LogP contribution < -0.4 is 15.0 Å². The van der Waals surface area contributed by atoms with Crippen LogP contribution in [0.25, 0.3) is 6.08 Å². The first kappa shape index (κ1) is 15.9. The fourth-order valence-corrected chi connectivity index (χ4v) is 2.44. The second-order valence-corrected chi connectivity index (χ2v) is 5.47. The Balaban J connectivity index is 1.92. The van der Waals surface area contributed by atoms with Crippen molar-refractivity contribution >= 4 is 35.3 Å². The Morgan fingerprint density at radius 2 is 1.88 bits per heavy atom. The number of phenols is 1. The highest BCUT2D eigenvalue weighted by atomic mass is 35.5. The topological polar surface area (TPSA) is 78.9 Å². The van der Waals surface area contributed by atoms with Gasteiger partial charge in [0.1, 0.15) is 5.70 Å². The lowest BCUT2D eigenvalue weighted by Gasteiger charge is -2.11. The zero-order chi connectivity index (χ0) is 17.3. The number of imide groups is 1. The number of urea groups is 1. The van der Waals surface area contributed by atoms with Gasteiger partial charge in [-0.2, -0.15) is 0 Å². The van der Waals surface area contributed by atoms with Crippen LogP contribution in [0, 0.1) is 0 Å². The van der Waals surface area contributed by atoms with E-state index < -0.39 is 11.9 Å². The first-order valence-electron chi connectivity index (χ1n) is 6.99. The minimum Gasteiger partial charge on any atom is -0.504 e. The number of rotatable bonds is 3. The summed E-state index contributed by atoms with van der Waals surface area (Å²) < 4.78 is 5.03. The number of hydrogen-bond acceptors (Lipinski definition) is 4. The zero-order valence-electron chi connectivity index (χ0n) is 12.6. The second kappa shape index (κ2) is 6.25. The average Bonchev–Trinajstić information content (AvgIpc) is 2.84. The molecule has 1 aliphatic heterocycles. The highest BCUT2D eigenvalue weighted by Crippen LogP contribution is 2.28. The quantitative estimate of drug-likeness (QED) is 0.662. The number of benzene rings is 2. The van der Waals surface area contributed by atoms with E-state index in [1.807, 2.05) is 0 Å². The number of carbonyl (C=O) groups excluding carboxylic acids is 2. The number of anilines is 1. The van der Waals surface area contributed by atoms with Gasteiger partial charge < -0.3 is 15.2 Å². The van der Waals surface area contributed by atoms with E-state index in [9.17, 15) is 14.7 Å². The molecule has 2 N–H and O–H groups in total. The lowest BCUT2D eigenvalue weighted by atomic mass is 10.1.